The van der Waals surface area contributed by atoms with Gasteiger partial charge in [-0.2, -0.15) is 5.10 Å². The number of oxime groups is 1. The van der Waals surface area contributed by atoms with Crippen molar-refractivity contribution in [3.05, 3.63) is 41.1 Å². The van der Waals surface area contributed by atoms with Gasteiger partial charge in [0, 0.05) is 13.1 Å². The van der Waals surface area contributed by atoms with Crippen LogP contribution in [0, 0.1) is 18.6 Å². The molecule has 0 saturated heterocycles. The van der Waals surface area contributed by atoms with Gasteiger partial charge in [0.05, 0.1) is 5.69 Å². The van der Waals surface area contributed by atoms with Gasteiger partial charge >= 0.3 is 0 Å². The lowest BCUT2D eigenvalue weighted by Gasteiger charge is -2.08. The maximum absolute atomic E-state index is 13.1. The molecule has 2 rings (SSSR count). The van der Waals surface area contributed by atoms with Gasteiger partial charge in [0.15, 0.2) is 17.5 Å². The van der Waals surface area contributed by atoms with Gasteiger partial charge in [0.25, 0.3) is 0 Å². The van der Waals surface area contributed by atoms with Crippen LogP contribution in [-0.2, 0) is 7.05 Å². The van der Waals surface area contributed by atoms with Crippen LogP contribution in [0.15, 0.2) is 23.4 Å². The summed E-state index contributed by atoms with van der Waals surface area (Å²) in [6.07, 6.45) is 0. The highest BCUT2D eigenvalue weighted by molar-refractivity contribution is 6.00. The van der Waals surface area contributed by atoms with Crippen molar-refractivity contribution in [1.29, 1.82) is 0 Å². The molecule has 0 aliphatic carbocycles. The highest BCUT2D eigenvalue weighted by Gasteiger charge is 2.19. The largest absolute Gasteiger partial charge is 0.438 e. The summed E-state index contributed by atoms with van der Waals surface area (Å²) in [7, 11) is 1.58. The van der Waals surface area contributed by atoms with Crippen molar-refractivity contribution in [2.45, 2.75) is 6.92 Å². The van der Waals surface area contributed by atoms with E-state index in [9.17, 15) is 8.78 Å². The minimum atomic E-state index is -1.04. The number of ether oxygens (including phenoxy) is 1. The number of aryl methyl sites for hydroxylation is 2. The Morgan fingerprint density at radius 3 is 2.70 bits per heavy atom. The zero-order chi connectivity index (χ0) is 14.9. The van der Waals surface area contributed by atoms with Crippen molar-refractivity contribution < 1.29 is 18.7 Å². The van der Waals surface area contributed by atoms with Crippen molar-refractivity contribution in [2.75, 3.05) is 0 Å². The lowest BCUT2D eigenvalue weighted by Crippen LogP contribution is -2.15. The molecule has 0 spiro atoms. The Balaban J connectivity index is 2.45. The highest BCUT2D eigenvalue weighted by Crippen LogP contribution is 2.27. The molecule has 6 nitrogen and oxygen atoms in total. The summed E-state index contributed by atoms with van der Waals surface area (Å²) in [5, 5.41) is 15.7. The van der Waals surface area contributed by atoms with Crippen LogP contribution >= 0.6 is 0 Å². The van der Waals surface area contributed by atoms with Crippen molar-refractivity contribution in [3.8, 4) is 11.6 Å². The summed E-state index contributed by atoms with van der Waals surface area (Å²) in [5.74, 6) is -1.97. The van der Waals surface area contributed by atoms with Crippen molar-refractivity contribution >= 4 is 5.84 Å². The predicted molar refractivity (Wildman–Crippen MR) is 66.9 cm³/mol. The number of aromatic nitrogens is 2. The molecule has 0 radical (unpaired) electrons. The molecule has 20 heavy (non-hydrogen) atoms. The second-order valence-electron chi connectivity index (χ2n) is 4.05. The van der Waals surface area contributed by atoms with Crippen LogP contribution in [-0.4, -0.2) is 20.8 Å². The summed E-state index contributed by atoms with van der Waals surface area (Å²) in [5.41, 5.74) is 6.30. The minimum Gasteiger partial charge on any atom is -0.438 e. The number of halogens is 2. The van der Waals surface area contributed by atoms with Crippen LogP contribution in [0.1, 0.15) is 11.3 Å². The number of nitrogens with zero attached hydrogens (tertiary/aromatic N) is 3. The summed E-state index contributed by atoms with van der Waals surface area (Å²) in [6, 6.07) is 3.10. The Morgan fingerprint density at radius 2 is 2.10 bits per heavy atom. The van der Waals surface area contributed by atoms with E-state index in [0.29, 0.717) is 5.69 Å². The second-order valence-corrected chi connectivity index (χ2v) is 4.05. The van der Waals surface area contributed by atoms with E-state index in [0.717, 1.165) is 12.1 Å². The van der Waals surface area contributed by atoms with E-state index < -0.39 is 11.6 Å². The number of benzene rings is 1. The summed E-state index contributed by atoms with van der Waals surface area (Å²) in [6.45, 7) is 1.64. The van der Waals surface area contributed by atoms with E-state index in [-0.39, 0.29) is 23.0 Å². The average molecular weight is 282 g/mol. The van der Waals surface area contributed by atoms with Crippen LogP contribution in [0.3, 0.4) is 0 Å². The number of amidine groups is 1. The Kier molecular flexibility index (Phi) is 3.55. The molecule has 0 unspecified atom stereocenters. The Hall–Kier alpha value is -2.64. The third-order valence-corrected chi connectivity index (χ3v) is 2.64. The smallest absolute Gasteiger partial charge is 0.229 e. The molecular weight excluding hydrogens is 270 g/mol. The van der Waals surface area contributed by atoms with Crippen LogP contribution in [0.2, 0.25) is 0 Å². The van der Waals surface area contributed by atoms with E-state index in [1.807, 2.05) is 0 Å². The first-order valence-electron chi connectivity index (χ1n) is 5.58. The SMILES string of the molecule is Cc1nn(C)c(Oc2ccc(F)c(F)c2)c1C(N)=NO. The van der Waals surface area contributed by atoms with Crippen molar-refractivity contribution in [2.24, 2.45) is 17.9 Å². The fourth-order valence-electron chi connectivity index (χ4n) is 1.75. The molecule has 0 atom stereocenters. The zero-order valence-electron chi connectivity index (χ0n) is 10.8. The molecule has 0 bridgehead atoms. The molecule has 0 aliphatic heterocycles. The van der Waals surface area contributed by atoms with Crippen LogP contribution in [0.4, 0.5) is 8.78 Å². The molecule has 0 aliphatic rings. The molecular formula is C12H12F2N4O2. The van der Waals surface area contributed by atoms with Gasteiger partial charge in [0.2, 0.25) is 5.88 Å². The standard InChI is InChI=1S/C12H12F2N4O2/c1-6-10(11(15)17-19)12(18(2)16-6)20-7-3-4-8(13)9(14)5-7/h3-5,19H,1-2H3,(H2,15,17). The molecule has 1 heterocycles. The topological polar surface area (TPSA) is 85.7 Å². The van der Waals surface area contributed by atoms with Gasteiger partial charge in [0.1, 0.15) is 11.3 Å². The summed E-state index contributed by atoms with van der Waals surface area (Å²) >= 11 is 0. The second kappa shape index (κ2) is 5.16. The lowest BCUT2D eigenvalue weighted by molar-refractivity contribution is 0.318. The minimum absolute atomic E-state index is 0.0684. The summed E-state index contributed by atoms with van der Waals surface area (Å²) < 4.78 is 32.8. The Labute approximate surface area is 113 Å². The van der Waals surface area contributed by atoms with Gasteiger partial charge in [-0.1, -0.05) is 5.16 Å². The first-order chi connectivity index (χ1) is 9.43. The molecule has 0 fully saturated rings. The molecule has 1 aromatic carbocycles. The molecule has 1 aromatic heterocycles. The predicted octanol–water partition coefficient (Wildman–Crippen LogP) is 1.89. The van der Waals surface area contributed by atoms with E-state index in [1.165, 1.54) is 10.7 Å². The van der Waals surface area contributed by atoms with Gasteiger partial charge in [-0.3, -0.25) is 0 Å². The molecule has 3 N–H and O–H groups in total. The number of nitrogens with two attached hydrogens (primary N) is 1. The van der Waals surface area contributed by atoms with E-state index in [1.54, 1.807) is 14.0 Å². The maximum atomic E-state index is 13.1. The molecule has 0 saturated carbocycles. The molecule has 0 amide bonds. The van der Waals surface area contributed by atoms with Crippen molar-refractivity contribution in [3.63, 3.8) is 0 Å². The normalized spacial score (nSPS) is 11.7. The number of hydrogen-bond acceptors (Lipinski definition) is 4. The zero-order valence-corrected chi connectivity index (χ0v) is 10.8. The molecule has 106 valence electrons. The molecule has 2 aromatic rings. The van der Waals surface area contributed by atoms with E-state index >= 15 is 0 Å². The van der Waals surface area contributed by atoms with Crippen LogP contribution in [0.25, 0.3) is 0 Å². The quantitative estimate of drug-likeness (QED) is 0.389. The lowest BCUT2D eigenvalue weighted by atomic mass is 10.2. The number of hydrogen-bond donors (Lipinski definition) is 2. The van der Waals surface area contributed by atoms with Gasteiger partial charge < -0.3 is 15.7 Å². The Bertz CT molecular complexity index is 682. The van der Waals surface area contributed by atoms with E-state index in [4.69, 9.17) is 15.7 Å². The molecule has 8 heteroatoms. The van der Waals surface area contributed by atoms with Crippen molar-refractivity contribution in [1.82, 2.24) is 9.78 Å². The first kappa shape index (κ1) is 13.8. The monoisotopic (exact) mass is 282 g/mol. The van der Waals surface area contributed by atoms with E-state index in [2.05, 4.69) is 10.3 Å². The fourth-order valence-corrected chi connectivity index (χ4v) is 1.75. The third kappa shape index (κ3) is 2.40. The van der Waals surface area contributed by atoms with Crippen LogP contribution in [0.5, 0.6) is 11.6 Å². The average Bonchev–Trinajstić information content (AvgIpc) is 2.68. The fraction of sp³-hybridized carbons (Fsp3) is 0.167. The third-order valence-electron chi connectivity index (χ3n) is 2.64. The highest BCUT2D eigenvalue weighted by atomic mass is 19.2. The Morgan fingerprint density at radius 1 is 1.40 bits per heavy atom. The van der Waals surface area contributed by atoms with Gasteiger partial charge in [-0.25, -0.2) is 13.5 Å². The summed E-state index contributed by atoms with van der Waals surface area (Å²) in [4.78, 5) is 0. The van der Waals surface area contributed by atoms with Crippen LogP contribution < -0.4 is 10.5 Å². The maximum Gasteiger partial charge on any atom is 0.229 e. The first-order valence-corrected chi connectivity index (χ1v) is 5.58. The number of rotatable bonds is 3. The van der Waals surface area contributed by atoms with Gasteiger partial charge in [-0.05, 0) is 19.1 Å². The van der Waals surface area contributed by atoms with Gasteiger partial charge in [-0.15, -0.1) is 0 Å².